The van der Waals surface area contributed by atoms with Crippen LogP contribution in [0.15, 0.2) is 148 Å². The number of para-hydroxylation sites is 2. The molecule has 0 spiro atoms. The Hall–Kier alpha value is -6.33. The van der Waals surface area contributed by atoms with Crippen LogP contribution >= 0.6 is 0 Å². The Morgan fingerprint density at radius 3 is 2.06 bits per heavy atom. The highest BCUT2D eigenvalue weighted by atomic mass is 16.3. The molecule has 1 aliphatic carbocycles. The molecule has 48 heavy (non-hydrogen) atoms. The summed E-state index contributed by atoms with van der Waals surface area (Å²) >= 11 is 0. The average Bonchev–Trinajstić information content (AvgIpc) is 3.73. The number of benzene rings is 6. The summed E-state index contributed by atoms with van der Waals surface area (Å²) in [5, 5.41) is 6.51. The maximum atomic E-state index is 6.65. The van der Waals surface area contributed by atoms with Crippen molar-refractivity contribution in [2.45, 2.75) is 12.8 Å². The summed E-state index contributed by atoms with van der Waals surface area (Å²) in [4.78, 5) is 15.4. The lowest BCUT2D eigenvalue weighted by Crippen LogP contribution is -2.03. The molecule has 0 radical (unpaired) electrons. The van der Waals surface area contributed by atoms with Crippen LogP contribution in [0.2, 0.25) is 0 Å². The minimum atomic E-state index is 0.605. The van der Waals surface area contributed by atoms with Crippen molar-refractivity contribution >= 4 is 60.2 Å². The summed E-state index contributed by atoms with van der Waals surface area (Å²) in [5.74, 6) is 1.87. The van der Waals surface area contributed by atoms with E-state index in [-0.39, 0.29) is 0 Å². The van der Waals surface area contributed by atoms with Gasteiger partial charge in [-0.05, 0) is 77.7 Å². The second kappa shape index (κ2) is 10.6. The summed E-state index contributed by atoms with van der Waals surface area (Å²) in [6.45, 7) is 0. The van der Waals surface area contributed by atoms with Crippen LogP contribution in [0.25, 0.3) is 94.1 Å². The number of aromatic nitrogens is 3. The van der Waals surface area contributed by atoms with Crippen molar-refractivity contribution in [2.24, 2.45) is 0 Å². The van der Waals surface area contributed by atoms with Crippen molar-refractivity contribution in [1.82, 2.24) is 15.0 Å². The minimum absolute atomic E-state index is 0.605. The maximum absolute atomic E-state index is 6.65. The van der Waals surface area contributed by atoms with Gasteiger partial charge < -0.3 is 8.83 Å². The lowest BCUT2D eigenvalue weighted by Gasteiger charge is -2.12. The molecule has 0 fully saturated rings. The van der Waals surface area contributed by atoms with Crippen LogP contribution in [-0.4, -0.2) is 15.0 Å². The first kappa shape index (κ1) is 26.8. The molecular formula is C43H27N3O2. The monoisotopic (exact) mass is 617 g/mol. The molecule has 9 aromatic rings. The van der Waals surface area contributed by atoms with E-state index < -0.39 is 0 Å². The average molecular weight is 618 g/mol. The fourth-order valence-electron chi connectivity index (χ4n) is 7.00. The summed E-state index contributed by atoms with van der Waals surface area (Å²) in [5.41, 5.74) is 8.27. The van der Waals surface area contributed by atoms with Gasteiger partial charge in [0.25, 0.3) is 0 Å². The molecule has 0 atom stereocenters. The van der Waals surface area contributed by atoms with Gasteiger partial charge in [0.1, 0.15) is 22.3 Å². The topological polar surface area (TPSA) is 65.0 Å². The maximum Gasteiger partial charge on any atom is 0.164 e. The molecule has 1 aliphatic rings. The zero-order chi connectivity index (χ0) is 31.6. The van der Waals surface area contributed by atoms with Gasteiger partial charge in [0.15, 0.2) is 17.5 Å². The molecule has 0 amide bonds. The van der Waals surface area contributed by atoms with E-state index in [4.69, 9.17) is 23.8 Å². The first-order valence-electron chi connectivity index (χ1n) is 16.3. The standard InChI is InChI=1S/C43H27N3O2/c1-2-11-27(12-3-1)41-44-42(30-20-23-38-35(25-30)32-14-6-8-16-36(32)47-38)46-43(45-41)34-22-21-31(29-19-18-26-10-4-5-13-28(26)24-29)40-39(34)33-15-7-9-17-37(33)48-40/h2,4-25H,1,3H2. The van der Waals surface area contributed by atoms with Gasteiger partial charge in [0, 0.05) is 43.8 Å². The van der Waals surface area contributed by atoms with E-state index >= 15 is 0 Å². The van der Waals surface area contributed by atoms with Crippen LogP contribution in [0.1, 0.15) is 18.7 Å². The van der Waals surface area contributed by atoms with Gasteiger partial charge in [-0.1, -0.05) is 91.0 Å². The molecule has 0 saturated carbocycles. The Bertz CT molecular complexity index is 2800. The highest BCUT2D eigenvalue weighted by molar-refractivity contribution is 6.16. The molecule has 5 heteroatoms. The SMILES string of the molecule is C1=CC(c2nc(-c3ccc4oc5ccccc5c4c3)nc(-c3ccc(-c4ccc5ccccc5c4)c4oc5ccccc5c34)n2)=CCC1. The van der Waals surface area contributed by atoms with Crippen LogP contribution in [0, 0.1) is 0 Å². The van der Waals surface area contributed by atoms with Gasteiger partial charge in [-0.3, -0.25) is 0 Å². The van der Waals surface area contributed by atoms with Crippen LogP contribution in [-0.2, 0) is 0 Å². The molecule has 3 aromatic heterocycles. The lowest BCUT2D eigenvalue weighted by molar-refractivity contribution is 0.669. The number of nitrogens with zero attached hydrogens (tertiary/aromatic N) is 3. The van der Waals surface area contributed by atoms with Crippen molar-refractivity contribution in [1.29, 1.82) is 0 Å². The van der Waals surface area contributed by atoms with Crippen molar-refractivity contribution < 1.29 is 8.83 Å². The number of fused-ring (bicyclic) bond motifs is 7. The highest BCUT2D eigenvalue weighted by Gasteiger charge is 2.21. The van der Waals surface area contributed by atoms with Crippen molar-refractivity contribution in [3.8, 4) is 33.9 Å². The molecule has 10 rings (SSSR count). The van der Waals surface area contributed by atoms with Crippen molar-refractivity contribution in [3.63, 3.8) is 0 Å². The first-order valence-corrected chi connectivity index (χ1v) is 16.3. The van der Waals surface area contributed by atoms with Crippen LogP contribution in [0.4, 0.5) is 0 Å². The quantitative estimate of drug-likeness (QED) is 0.197. The molecule has 6 aromatic carbocycles. The molecule has 0 aliphatic heterocycles. The van der Waals surface area contributed by atoms with Gasteiger partial charge in [0.05, 0.1) is 0 Å². The summed E-state index contributed by atoms with van der Waals surface area (Å²) in [6.07, 6.45) is 8.47. The molecule has 0 N–H and O–H groups in total. The number of rotatable bonds is 4. The van der Waals surface area contributed by atoms with E-state index in [0.29, 0.717) is 17.5 Å². The molecule has 5 nitrogen and oxygen atoms in total. The van der Waals surface area contributed by atoms with Gasteiger partial charge >= 0.3 is 0 Å². The molecule has 0 bridgehead atoms. The molecule has 226 valence electrons. The molecule has 0 unspecified atom stereocenters. The lowest BCUT2D eigenvalue weighted by atomic mass is 9.96. The van der Waals surface area contributed by atoms with E-state index in [1.807, 2.05) is 42.5 Å². The fraction of sp³-hybridized carbons (Fsp3) is 0.0465. The van der Waals surface area contributed by atoms with Gasteiger partial charge in [-0.25, -0.2) is 15.0 Å². The smallest absolute Gasteiger partial charge is 0.164 e. The Kier molecular flexibility index (Phi) is 5.93. The third-order valence-corrected chi connectivity index (χ3v) is 9.35. The van der Waals surface area contributed by atoms with Gasteiger partial charge in [0.2, 0.25) is 0 Å². The van der Waals surface area contributed by atoms with E-state index in [2.05, 4.69) is 97.1 Å². The minimum Gasteiger partial charge on any atom is -0.456 e. The van der Waals surface area contributed by atoms with Crippen LogP contribution in [0.5, 0.6) is 0 Å². The first-order chi connectivity index (χ1) is 23.8. The normalized spacial score (nSPS) is 13.3. The van der Waals surface area contributed by atoms with E-state index in [1.54, 1.807) is 0 Å². The second-order valence-corrected chi connectivity index (χ2v) is 12.3. The summed E-state index contributed by atoms with van der Waals surface area (Å²) < 4.78 is 12.8. The van der Waals surface area contributed by atoms with E-state index in [9.17, 15) is 0 Å². The Morgan fingerprint density at radius 1 is 0.479 bits per heavy atom. The zero-order valence-electron chi connectivity index (χ0n) is 25.9. The van der Waals surface area contributed by atoms with Crippen LogP contribution < -0.4 is 0 Å². The number of hydrogen-bond acceptors (Lipinski definition) is 5. The largest absolute Gasteiger partial charge is 0.456 e. The van der Waals surface area contributed by atoms with E-state index in [0.717, 1.165) is 84.5 Å². The highest BCUT2D eigenvalue weighted by Crippen LogP contribution is 2.42. The predicted molar refractivity (Wildman–Crippen MR) is 195 cm³/mol. The van der Waals surface area contributed by atoms with Crippen molar-refractivity contribution in [3.05, 3.63) is 145 Å². The molecular weight excluding hydrogens is 590 g/mol. The van der Waals surface area contributed by atoms with E-state index in [1.165, 1.54) is 10.8 Å². The Labute approximate surface area is 275 Å². The fourth-order valence-corrected chi connectivity index (χ4v) is 7.00. The van der Waals surface area contributed by atoms with Gasteiger partial charge in [-0.2, -0.15) is 0 Å². The number of allylic oxidation sites excluding steroid dienone is 4. The summed E-state index contributed by atoms with van der Waals surface area (Å²) in [6, 6.07) is 41.7. The molecule has 3 heterocycles. The Balaban J connectivity index is 1.22. The zero-order valence-corrected chi connectivity index (χ0v) is 25.9. The Morgan fingerprint density at radius 2 is 1.19 bits per heavy atom. The number of furan rings is 2. The van der Waals surface area contributed by atoms with Gasteiger partial charge in [-0.15, -0.1) is 0 Å². The number of hydrogen-bond donors (Lipinski definition) is 0. The third-order valence-electron chi connectivity index (χ3n) is 9.35. The predicted octanol–water partition coefficient (Wildman–Crippen LogP) is 11.6. The second-order valence-electron chi connectivity index (χ2n) is 12.3. The van der Waals surface area contributed by atoms with Crippen LogP contribution in [0.3, 0.4) is 0 Å². The molecule has 0 saturated heterocycles. The van der Waals surface area contributed by atoms with Crippen molar-refractivity contribution in [2.75, 3.05) is 0 Å². The third kappa shape index (κ3) is 4.28. The summed E-state index contributed by atoms with van der Waals surface area (Å²) in [7, 11) is 0.